The van der Waals surface area contributed by atoms with Crippen LogP contribution < -0.4 is 5.32 Å². The third-order valence-electron chi connectivity index (χ3n) is 4.10. The van der Waals surface area contributed by atoms with Gasteiger partial charge in [0.25, 0.3) is 0 Å². The highest BCUT2D eigenvalue weighted by Gasteiger charge is 2.26. The first-order chi connectivity index (χ1) is 11.2. The molecule has 1 saturated heterocycles. The van der Waals surface area contributed by atoms with Crippen molar-refractivity contribution in [3.8, 4) is 0 Å². The van der Waals surface area contributed by atoms with Crippen molar-refractivity contribution in [2.24, 2.45) is 5.92 Å². The van der Waals surface area contributed by atoms with E-state index in [4.69, 9.17) is 0 Å². The van der Waals surface area contributed by atoms with Crippen molar-refractivity contribution >= 4 is 23.6 Å². The van der Waals surface area contributed by atoms with Crippen LogP contribution in [0.5, 0.6) is 0 Å². The Hall–Kier alpha value is -1.49. The van der Waals surface area contributed by atoms with E-state index in [1.165, 1.54) is 4.90 Å². The van der Waals surface area contributed by atoms with Gasteiger partial charge in [0.15, 0.2) is 0 Å². The highest BCUT2D eigenvalue weighted by Crippen LogP contribution is 2.21. The average Bonchev–Trinajstić information content (AvgIpc) is 2.60. The van der Waals surface area contributed by atoms with E-state index in [1.807, 2.05) is 23.1 Å². The van der Waals surface area contributed by atoms with Crippen LogP contribution in [-0.4, -0.2) is 42.1 Å². The summed E-state index contributed by atoms with van der Waals surface area (Å²) in [6.45, 7) is 4.21. The highest BCUT2D eigenvalue weighted by molar-refractivity contribution is 7.99. The van der Waals surface area contributed by atoms with Crippen molar-refractivity contribution in [2.75, 3.05) is 25.4 Å². The molecule has 5 heteroatoms. The number of carbonyl (C=O) groups is 2. The van der Waals surface area contributed by atoms with Crippen molar-refractivity contribution in [3.63, 3.8) is 0 Å². The molecule has 1 aromatic rings. The lowest BCUT2D eigenvalue weighted by atomic mass is 9.95. The summed E-state index contributed by atoms with van der Waals surface area (Å²) in [5.74, 6) is 1.24. The third kappa shape index (κ3) is 5.90. The van der Waals surface area contributed by atoms with Gasteiger partial charge in [-0.3, -0.25) is 9.59 Å². The molecule has 0 aliphatic carbocycles. The number of hydrogen-bond donors (Lipinski definition) is 1. The lowest BCUT2D eigenvalue weighted by Gasteiger charge is -2.31. The molecule has 0 spiro atoms. The summed E-state index contributed by atoms with van der Waals surface area (Å²) in [6, 6.07) is 10.2. The fraction of sp³-hybridized carbons (Fsp3) is 0.556. The summed E-state index contributed by atoms with van der Waals surface area (Å²) in [4.78, 5) is 27.3. The Bertz CT molecular complexity index is 499. The second-order valence-electron chi connectivity index (χ2n) is 5.86. The molecule has 0 bridgehead atoms. The zero-order valence-corrected chi connectivity index (χ0v) is 14.6. The Balaban J connectivity index is 1.66. The predicted octanol–water partition coefficient (Wildman–Crippen LogP) is 2.93. The summed E-state index contributed by atoms with van der Waals surface area (Å²) in [6.07, 6.45) is 3.09. The number of piperidine rings is 1. The predicted molar refractivity (Wildman–Crippen MR) is 94.4 cm³/mol. The minimum absolute atomic E-state index is 0.0734. The van der Waals surface area contributed by atoms with Crippen molar-refractivity contribution in [3.05, 3.63) is 30.3 Å². The summed E-state index contributed by atoms with van der Waals surface area (Å²) in [5, 5.41) is 2.95. The van der Waals surface area contributed by atoms with Gasteiger partial charge in [-0.2, -0.15) is 0 Å². The zero-order valence-electron chi connectivity index (χ0n) is 13.8. The Morgan fingerprint density at radius 2 is 1.91 bits per heavy atom. The van der Waals surface area contributed by atoms with Crippen LogP contribution in [0.4, 0.5) is 0 Å². The molecule has 126 valence electrons. The second kappa shape index (κ2) is 9.60. The first-order valence-corrected chi connectivity index (χ1v) is 9.42. The molecule has 1 fully saturated rings. The molecule has 0 saturated carbocycles. The maximum absolute atomic E-state index is 12.2. The summed E-state index contributed by atoms with van der Waals surface area (Å²) in [7, 11) is 0. The van der Waals surface area contributed by atoms with Crippen LogP contribution in [0, 0.1) is 5.92 Å². The molecule has 1 aliphatic rings. The molecule has 1 N–H and O–H groups in total. The highest BCUT2D eigenvalue weighted by atomic mass is 32.2. The van der Waals surface area contributed by atoms with E-state index in [9.17, 15) is 9.59 Å². The molecular formula is C18H26N2O2S. The van der Waals surface area contributed by atoms with Crippen LogP contribution in [0.2, 0.25) is 0 Å². The number of rotatable bonds is 7. The molecular weight excluding hydrogens is 308 g/mol. The zero-order chi connectivity index (χ0) is 16.5. The standard InChI is InChI=1S/C18H26N2O2S/c1-2-11-19-18(22)15-8-12-20(13-9-15)17(21)10-14-23-16-6-4-3-5-7-16/h3-7,15H,2,8-14H2,1H3,(H,19,22). The first-order valence-electron chi connectivity index (χ1n) is 8.44. The van der Waals surface area contributed by atoms with Crippen LogP contribution in [0.3, 0.4) is 0 Å². The van der Waals surface area contributed by atoms with Gasteiger partial charge in [0, 0.05) is 42.6 Å². The Kier molecular flexibility index (Phi) is 7.46. The fourth-order valence-corrected chi connectivity index (χ4v) is 3.58. The minimum Gasteiger partial charge on any atom is -0.356 e. The normalized spacial score (nSPS) is 15.4. The topological polar surface area (TPSA) is 49.4 Å². The van der Waals surface area contributed by atoms with Crippen LogP contribution in [0.25, 0.3) is 0 Å². The molecule has 1 heterocycles. The number of amides is 2. The molecule has 0 atom stereocenters. The van der Waals surface area contributed by atoms with Crippen LogP contribution >= 0.6 is 11.8 Å². The molecule has 0 radical (unpaired) electrons. The van der Waals surface area contributed by atoms with Gasteiger partial charge in [-0.05, 0) is 31.4 Å². The van der Waals surface area contributed by atoms with Crippen LogP contribution in [0.1, 0.15) is 32.6 Å². The van der Waals surface area contributed by atoms with Gasteiger partial charge in [0.1, 0.15) is 0 Å². The Morgan fingerprint density at radius 3 is 2.57 bits per heavy atom. The number of hydrogen-bond acceptors (Lipinski definition) is 3. The largest absolute Gasteiger partial charge is 0.356 e. The van der Waals surface area contributed by atoms with E-state index >= 15 is 0 Å². The smallest absolute Gasteiger partial charge is 0.223 e. The van der Waals surface area contributed by atoms with E-state index in [1.54, 1.807) is 11.8 Å². The van der Waals surface area contributed by atoms with E-state index < -0.39 is 0 Å². The van der Waals surface area contributed by atoms with Gasteiger partial charge in [0.2, 0.25) is 11.8 Å². The molecule has 1 aromatic carbocycles. The average molecular weight is 334 g/mol. The molecule has 4 nitrogen and oxygen atoms in total. The van der Waals surface area contributed by atoms with Crippen molar-refractivity contribution in [1.82, 2.24) is 10.2 Å². The maximum atomic E-state index is 12.2. The number of benzene rings is 1. The Morgan fingerprint density at radius 1 is 1.22 bits per heavy atom. The van der Waals surface area contributed by atoms with E-state index in [0.717, 1.165) is 31.6 Å². The van der Waals surface area contributed by atoms with Crippen molar-refractivity contribution in [1.29, 1.82) is 0 Å². The summed E-state index contributed by atoms with van der Waals surface area (Å²) >= 11 is 1.72. The minimum atomic E-state index is 0.0734. The number of carbonyl (C=O) groups excluding carboxylic acids is 2. The number of nitrogens with one attached hydrogen (secondary N) is 1. The second-order valence-corrected chi connectivity index (χ2v) is 7.03. The summed E-state index contributed by atoms with van der Waals surface area (Å²) in [5.41, 5.74) is 0. The third-order valence-corrected chi connectivity index (χ3v) is 5.11. The van der Waals surface area contributed by atoms with Gasteiger partial charge in [-0.15, -0.1) is 11.8 Å². The number of likely N-dealkylation sites (tertiary alicyclic amines) is 1. The molecule has 2 rings (SSSR count). The Labute approximate surface area is 143 Å². The van der Waals surface area contributed by atoms with Gasteiger partial charge in [-0.1, -0.05) is 25.1 Å². The molecule has 0 aromatic heterocycles. The quantitative estimate of drug-likeness (QED) is 0.780. The number of nitrogens with zero attached hydrogens (tertiary/aromatic N) is 1. The SMILES string of the molecule is CCCNC(=O)C1CCN(C(=O)CCSc2ccccc2)CC1. The van der Waals surface area contributed by atoms with Gasteiger partial charge < -0.3 is 10.2 Å². The molecule has 23 heavy (non-hydrogen) atoms. The van der Waals surface area contributed by atoms with Crippen LogP contribution in [-0.2, 0) is 9.59 Å². The van der Waals surface area contributed by atoms with E-state index in [-0.39, 0.29) is 17.7 Å². The number of thioether (sulfide) groups is 1. The van der Waals surface area contributed by atoms with Gasteiger partial charge >= 0.3 is 0 Å². The monoisotopic (exact) mass is 334 g/mol. The van der Waals surface area contributed by atoms with E-state index in [2.05, 4.69) is 24.4 Å². The molecule has 2 amide bonds. The van der Waals surface area contributed by atoms with E-state index in [0.29, 0.717) is 19.5 Å². The lowest BCUT2D eigenvalue weighted by molar-refractivity contribution is -0.135. The molecule has 0 unspecified atom stereocenters. The first kappa shape index (κ1) is 17.9. The van der Waals surface area contributed by atoms with Crippen molar-refractivity contribution < 1.29 is 9.59 Å². The summed E-state index contributed by atoms with van der Waals surface area (Å²) < 4.78 is 0. The fourth-order valence-electron chi connectivity index (χ4n) is 2.71. The van der Waals surface area contributed by atoms with Crippen LogP contribution in [0.15, 0.2) is 35.2 Å². The van der Waals surface area contributed by atoms with Gasteiger partial charge in [-0.25, -0.2) is 0 Å². The van der Waals surface area contributed by atoms with Crippen molar-refractivity contribution in [2.45, 2.75) is 37.5 Å². The maximum Gasteiger partial charge on any atom is 0.223 e. The molecule has 1 aliphatic heterocycles. The van der Waals surface area contributed by atoms with Gasteiger partial charge in [0.05, 0.1) is 0 Å². The lowest BCUT2D eigenvalue weighted by Crippen LogP contribution is -2.43.